The van der Waals surface area contributed by atoms with E-state index in [0.717, 1.165) is 0 Å². The highest BCUT2D eigenvalue weighted by Gasteiger charge is 2.16. The predicted octanol–water partition coefficient (Wildman–Crippen LogP) is -0.370. The molecule has 0 aromatic carbocycles. The summed E-state index contributed by atoms with van der Waals surface area (Å²) in [6, 6.07) is 1.22. The van der Waals surface area contributed by atoms with Crippen LogP contribution in [-0.4, -0.2) is 50.3 Å². The number of nitrogens with zero attached hydrogens (tertiary/aromatic N) is 4. The van der Waals surface area contributed by atoms with E-state index in [-0.39, 0.29) is 24.8 Å². The zero-order valence-electron chi connectivity index (χ0n) is 9.61. The van der Waals surface area contributed by atoms with Gasteiger partial charge in [0.15, 0.2) is 0 Å². The van der Waals surface area contributed by atoms with E-state index in [1.807, 2.05) is 0 Å². The van der Waals surface area contributed by atoms with Crippen LogP contribution in [0, 0.1) is 10.1 Å². The Kier molecular flexibility index (Phi) is 4.16. The van der Waals surface area contributed by atoms with Gasteiger partial charge >= 0.3 is 5.82 Å². The van der Waals surface area contributed by atoms with Crippen molar-refractivity contribution in [1.29, 1.82) is 0 Å². The van der Waals surface area contributed by atoms with Gasteiger partial charge in [-0.1, -0.05) is 0 Å². The zero-order chi connectivity index (χ0) is 13.0. The van der Waals surface area contributed by atoms with Crippen molar-refractivity contribution in [3.63, 3.8) is 0 Å². The molecular weight excluding hydrogens is 228 g/mol. The third-order valence-electron chi connectivity index (χ3n) is 2.07. The maximum atomic E-state index is 11.6. The number of aromatic nitrogens is 2. The number of rotatable bonds is 5. The lowest BCUT2D eigenvalue weighted by Crippen LogP contribution is -2.35. The first kappa shape index (κ1) is 13.1. The molecule has 0 aliphatic rings. The van der Waals surface area contributed by atoms with E-state index in [2.05, 4.69) is 5.10 Å². The number of hydrogen-bond donors (Lipinski definition) is 1. The van der Waals surface area contributed by atoms with E-state index in [4.69, 9.17) is 5.11 Å². The van der Waals surface area contributed by atoms with Gasteiger partial charge in [0, 0.05) is 13.6 Å². The highest BCUT2D eigenvalue weighted by atomic mass is 16.6. The number of likely N-dealkylation sites (N-methyl/N-ethyl adjacent to an activating group) is 1. The fraction of sp³-hybridized carbons (Fsp3) is 0.556. The van der Waals surface area contributed by atoms with E-state index >= 15 is 0 Å². The molecule has 94 valence electrons. The van der Waals surface area contributed by atoms with Gasteiger partial charge < -0.3 is 20.1 Å². The number of aliphatic hydroxyl groups excluding tert-OH is 1. The van der Waals surface area contributed by atoms with Crippen molar-refractivity contribution in [1.82, 2.24) is 14.7 Å². The van der Waals surface area contributed by atoms with Crippen LogP contribution in [0.2, 0.25) is 0 Å². The highest BCUT2D eigenvalue weighted by molar-refractivity contribution is 5.75. The predicted molar refractivity (Wildman–Crippen MR) is 58.2 cm³/mol. The van der Waals surface area contributed by atoms with E-state index < -0.39 is 11.0 Å². The molecule has 0 aliphatic carbocycles. The molecule has 8 heteroatoms. The Morgan fingerprint density at radius 3 is 2.88 bits per heavy atom. The van der Waals surface area contributed by atoms with E-state index in [0.29, 0.717) is 0 Å². The van der Waals surface area contributed by atoms with Crippen LogP contribution >= 0.6 is 0 Å². The number of carbonyl (C=O) groups is 1. The van der Waals surface area contributed by atoms with Gasteiger partial charge in [-0.05, 0) is 11.8 Å². The summed E-state index contributed by atoms with van der Waals surface area (Å²) in [6.07, 6.45) is 0.752. The van der Waals surface area contributed by atoms with Gasteiger partial charge in [-0.15, -0.1) is 0 Å². The van der Waals surface area contributed by atoms with Gasteiger partial charge in [0.25, 0.3) is 0 Å². The maximum Gasteiger partial charge on any atom is 0.389 e. The summed E-state index contributed by atoms with van der Waals surface area (Å²) in [6.45, 7) is 1.70. The van der Waals surface area contributed by atoms with Crippen LogP contribution < -0.4 is 0 Å². The summed E-state index contributed by atoms with van der Waals surface area (Å²) >= 11 is 0. The van der Waals surface area contributed by atoms with Crippen molar-refractivity contribution in [2.45, 2.75) is 19.6 Å². The van der Waals surface area contributed by atoms with Crippen LogP contribution in [0.25, 0.3) is 0 Å². The SMILES string of the molecule is CC(O)CN(C)C(=O)Cn1ccc([N+](=O)[O-])n1. The first-order valence-electron chi connectivity index (χ1n) is 5.00. The van der Waals surface area contributed by atoms with Crippen LogP contribution in [-0.2, 0) is 11.3 Å². The van der Waals surface area contributed by atoms with E-state index in [9.17, 15) is 14.9 Å². The van der Waals surface area contributed by atoms with Crippen molar-refractivity contribution in [3.05, 3.63) is 22.4 Å². The van der Waals surface area contributed by atoms with Crippen molar-refractivity contribution >= 4 is 11.7 Å². The average molecular weight is 242 g/mol. The molecule has 17 heavy (non-hydrogen) atoms. The molecule has 0 radical (unpaired) electrons. The second-order valence-corrected chi connectivity index (χ2v) is 3.75. The molecule has 1 unspecified atom stereocenters. The topological polar surface area (TPSA) is 102 Å². The molecule has 1 N–H and O–H groups in total. The smallest absolute Gasteiger partial charge is 0.389 e. The van der Waals surface area contributed by atoms with Gasteiger partial charge in [0.05, 0.1) is 23.5 Å². The molecule has 8 nitrogen and oxygen atoms in total. The molecule has 1 rings (SSSR count). The van der Waals surface area contributed by atoms with Gasteiger partial charge in [-0.3, -0.25) is 4.79 Å². The Hall–Kier alpha value is -1.96. The minimum atomic E-state index is -0.625. The van der Waals surface area contributed by atoms with E-state index in [1.54, 1.807) is 14.0 Å². The summed E-state index contributed by atoms with van der Waals surface area (Å²) in [4.78, 5) is 22.7. The third kappa shape index (κ3) is 3.83. The molecule has 0 bridgehead atoms. The quantitative estimate of drug-likeness (QED) is 0.560. The minimum absolute atomic E-state index is 0.0862. The second-order valence-electron chi connectivity index (χ2n) is 3.75. The number of nitro groups is 1. The normalized spacial score (nSPS) is 12.2. The Labute approximate surface area is 97.6 Å². The van der Waals surface area contributed by atoms with Gasteiger partial charge in [-0.25, -0.2) is 0 Å². The first-order valence-corrected chi connectivity index (χ1v) is 5.00. The van der Waals surface area contributed by atoms with Crippen LogP contribution in [0.3, 0.4) is 0 Å². The lowest BCUT2D eigenvalue weighted by atomic mass is 10.3. The fourth-order valence-corrected chi connectivity index (χ4v) is 1.29. The molecule has 0 saturated heterocycles. The summed E-state index contributed by atoms with van der Waals surface area (Å²) in [5, 5.41) is 23.1. The largest absolute Gasteiger partial charge is 0.392 e. The van der Waals surface area contributed by atoms with Crippen LogP contribution in [0.4, 0.5) is 5.82 Å². The summed E-state index contributed by atoms with van der Waals surface area (Å²) in [5.41, 5.74) is 0. The lowest BCUT2D eigenvalue weighted by molar-refractivity contribution is -0.389. The maximum absolute atomic E-state index is 11.6. The molecule has 1 atom stereocenters. The second kappa shape index (κ2) is 5.39. The summed E-state index contributed by atoms with van der Waals surface area (Å²) in [7, 11) is 1.55. The molecule has 0 spiro atoms. The fourth-order valence-electron chi connectivity index (χ4n) is 1.29. The number of aliphatic hydroxyl groups is 1. The molecule has 0 aliphatic heterocycles. The van der Waals surface area contributed by atoms with Crippen LogP contribution in [0.15, 0.2) is 12.3 Å². The van der Waals surface area contributed by atoms with Crippen molar-refractivity contribution in [3.8, 4) is 0 Å². The standard InChI is InChI=1S/C9H14N4O4/c1-7(14)5-11(2)9(15)6-12-4-3-8(10-12)13(16)17/h3-4,7,14H,5-6H2,1-2H3. The van der Waals surface area contributed by atoms with Gasteiger partial charge in [0.2, 0.25) is 5.91 Å². The molecular formula is C9H14N4O4. The zero-order valence-corrected chi connectivity index (χ0v) is 9.61. The van der Waals surface area contributed by atoms with Crippen molar-refractivity contribution < 1.29 is 14.8 Å². The van der Waals surface area contributed by atoms with Gasteiger partial charge in [0.1, 0.15) is 6.54 Å². The summed E-state index contributed by atoms with van der Waals surface area (Å²) in [5.74, 6) is -0.570. The summed E-state index contributed by atoms with van der Waals surface area (Å²) < 4.78 is 1.19. The highest BCUT2D eigenvalue weighted by Crippen LogP contribution is 2.05. The Morgan fingerprint density at radius 1 is 1.76 bits per heavy atom. The van der Waals surface area contributed by atoms with Crippen molar-refractivity contribution in [2.75, 3.05) is 13.6 Å². The minimum Gasteiger partial charge on any atom is -0.392 e. The van der Waals surface area contributed by atoms with Gasteiger partial charge in [-0.2, -0.15) is 4.68 Å². The van der Waals surface area contributed by atoms with Crippen molar-refractivity contribution in [2.24, 2.45) is 0 Å². The third-order valence-corrected chi connectivity index (χ3v) is 2.07. The molecule has 1 aromatic heterocycles. The van der Waals surface area contributed by atoms with Crippen LogP contribution in [0.1, 0.15) is 6.92 Å². The molecule has 0 fully saturated rings. The number of carbonyl (C=O) groups excluding carboxylic acids is 1. The van der Waals surface area contributed by atoms with Crippen LogP contribution in [0.5, 0.6) is 0 Å². The van der Waals surface area contributed by atoms with E-state index in [1.165, 1.54) is 21.8 Å². The average Bonchev–Trinajstić information content (AvgIpc) is 2.65. The molecule has 1 amide bonds. The Morgan fingerprint density at radius 2 is 2.41 bits per heavy atom. The Bertz CT molecular complexity index is 415. The number of amides is 1. The molecule has 1 aromatic rings. The first-order chi connectivity index (χ1) is 7.90. The molecule has 1 heterocycles. The Balaban J connectivity index is 2.58. The lowest BCUT2D eigenvalue weighted by Gasteiger charge is -2.17. The molecule has 0 saturated carbocycles. The number of hydrogen-bond acceptors (Lipinski definition) is 5. The monoisotopic (exact) mass is 242 g/mol.